The number of sulfonamides is 1. The van der Waals surface area contributed by atoms with Gasteiger partial charge >= 0.3 is 0 Å². The lowest BCUT2D eigenvalue weighted by atomic mass is 10.1. The number of nitrogens with two attached hydrogens (primary N) is 1. The van der Waals surface area contributed by atoms with Crippen LogP contribution in [-0.4, -0.2) is 34.1 Å². The maximum atomic E-state index is 12.0. The smallest absolute Gasteiger partial charge is 0.216 e. The van der Waals surface area contributed by atoms with Crippen LogP contribution in [0.4, 0.5) is 0 Å². The van der Waals surface area contributed by atoms with E-state index in [1.54, 1.807) is 33.1 Å². The highest BCUT2D eigenvalue weighted by Crippen LogP contribution is 2.11. The molecule has 158 valence electrons. The van der Waals surface area contributed by atoms with Crippen LogP contribution < -0.4 is 20.5 Å². The molecular formula is C21H30N4O3S. The Hall–Kier alpha value is -2.58. The fourth-order valence-electron chi connectivity index (χ4n) is 2.72. The Morgan fingerprint density at radius 2 is 1.62 bits per heavy atom. The van der Waals surface area contributed by atoms with Crippen molar-refractivity contribution < 1.29 is 13.2 Å². The number of guanidine groups is 1. The lowest BCUT2D eigenvalue weighted by Crippen LogP contribution is -2.33. The molecule has 0 atom stereocenters. The number of benzene rings is 2. The third kappa shape index (κ3) is 8.53. The van der Waals surface area contributed by atoms with Gasteiger partial charge in [0.05, 0.1) is 19.4 Å². The Bertz CT molecular complexity index is 893. The normalized spacial score (nSPS) is 12.2. The molecule has 2 aromatic rings. The number of rotatable bonds is 10. The second-order valence-electron chi connectivity index (χ2n) is 7.07. The molecule has 0 radical (unpaired) electrons. The molecule has 8 heteroatoms. The van der Waals surface area contributed by atoms with E-state index < -0.39 is 10.0 Å². The minimum atomic E-state index is -3.32. The van der Waals surface area contributed by atoms with Crippen molar-refractivity contribution in [2.45, 2.75) is 38.6 Å². The Morgan fingerprint density at radius 3 is 2.21 bits per heavy atom. The fraction of sp³-hybridized carbons (Fsp3) is 0.381. The Kier molecular flexibility index (Phi) is 8.48. The van der Waals surface area contributed by atoms with Crippen molar-refractivity contribution in [3.8, 4) is 5.75 Å². The molecule has 0 saturated carbocycles. The number of hydrogen-bond acceptors (Lipinski definition) is 4. The van der Waals surface area contributed by atoms with Gasteiger partial charge in [0.15, 0.2) is 5.96 Å². The van der Waals surface area contributed by atoms with E-state index in [-0.39, 0.29) is 11.8 Å². The van der Waals surface area contributed by atoms with Crippen LogP contribution in [0.25, 0.3) is 0 Å². The standard InChI is InChI=1S/C21H30N4O3S/c1-16(2)25-29(26,27)15-19-6-4-18(5-7-19)14-24-21(22)23-13-12-17-8-10-20(28-3)11-9-17/h4-11,16,25H,12-15H2,1-3H3,(H3,22,23,24). The van der Waals surface area contributed by atoms with Crippen molar-refractivity contribution in [2.75, 3.05) is 13.7 Å². The van der Waals surface area contributed by atoms with Crippen LogP contribution in [0.2, 0.25) is 0 Å². The van der Waals surface area contributed by atoms with Crippen LogP contribution in [0, 0.1) is 0 Å². The summed E-state index contributed by atoms with van der Waals surface area (Å²) >= 11 is 0. The molecule has 2 rings (SSSR count). The molecule has 0 aliphatic rings. The van der Waals surface area contributed by atoms with Gasteiger partial charge in [-0.05, 0) is 49.1 Å². The highest BCUT2D eigenvalue weighted by molar-refractivity contribution is 7.88. The number of ether oxygens (including phenoxy) is 1. The number of nitrogens with one attached hydrogen (secondary N) is 2. The van der Waals surface area contributed by atoms with Crippen molar-refractivity contribution >= 4 is 16.0 Å². The summed E-state index contributed by atoms with van der Waals surface area (Å²) in [5.74, 6) is 1.18. The molecule has 0 unspecified atom stereocenters. The molecule has 2 aromatic carbocycles. The molecular weight excluding hydrogens is 388 g/mol. The van der Waals surface area contributed by atoms with Crippen LogP contribution in [0.5, 0.6) is 5.75 Å². The summed E-state index contributed by atoms with van der Waals surface area (Å²) in [6.45, 7) is 4.71. The van der Waals surface area contributed by atoms with E-state index >= 15 is 0 Å². The van der Waals surface area contributed by atoms with Gasteiger partial charge in [-0.15, -0.1) is 0 Å². The van der Waals surface area contributed by atoms with Gasteiger partial charge in [-0.2, -0.15) is 0 Å². The summed E-state index contributed by atoms with van der Waals surface area (Å²) in [6, 6.07) is 15.1. The van der Waals surface area contributed by atoms with Gasteiger partial charge in [-0.25, -0.2) is 18.1 Å². The van der Waals surface area contributed by atoms with Gasteiger partial charge in [0, 0.05) is 12.6 Å². The van der Waals surface area contributed by atoms with Gasteiger partial charge in [-0.3, -0.25) is 0 Å². The average molecular weight is 419 g/mol. The fourth-order valence-corrected chi connectivity index (χ4v) is 4.15. The maximum Gasteiger partial charge on any atom is 0.216 e. The lowest BCUT2D eigenvalue weighted by molar-refractivity contribution is 0.414. The van der Waals surface area contributed by atoms with E-state index in [2.05, 4.69) is 15.0 Å². The van der Waals surface area contributed by atoms with E-state index in [9.17, 15) is 8.42 Å². The second kappa shape index (κ2) is 10.8. The summed E-state index contributed by atoms with van der Waals surface area (Å²) in [4.78, 5) is 4.33. The monoisotopic (exact) mass is 418 g/mol. The first kappa shape index (κ1) is 22.7. The topological polar surface area (TPSA) is 106 Å². The minimum absolute atomic E-state index is 0.0379. The average Bonchev–Trinajstić information content (AvgIpc) is 2.66. The predicted octanol–water partition coefficient (Wildman–Crippen LogP) is 2.17. The summed E-state index contributed by atoms with van der Waals surface area (Å²) in [5.41, 5.74) is 8.80. The molecule has 4 N–H and O–H groups in total. The highest BCUT2D eigenvalue weighted by atomic mass is 32.2. The van der Waals surface area contributed by atoms with Crippen LogP contribution in [-0.2, 0) is 28.7 Å². The molecule has 0 spiro atoms. The predicted molar refractivity (Wildman–Crippen MR) is 117 cm³/mol. The molecule has 0 saturated heterocycles. The third-order valence-corrected chi connectivity index (χ3v) is 5.65. The quantitative estimate of drug-likeness (QED) is 0.405. The van der Waals surface area contributed by atoms with Crippen LogP contribution in [0.15, 0.2) is 53.5 Å². The molecule has 7 nitrogen and oxygen atoms in total. The largest absolute Gasteiger partial charge is 0.497 e. The van der Waals surface area contributed by atoms with Crippen molar-refractivity contribution in [3.63, 3.8) is 0 Å². The molecule has 0 aliphatic carbocycles. The maximum absolute atomic E-state index is 12.0. The molecule has 0 fully saturated rings. The van der Waals surface area contributed by atoms with Gasteiger partial charge < -0.3 is 15.8 Å². The summed E-state index contributed by atoms with van der Waals surface area (Å²) < 4.78 is 31.7. The number of aliphatic imine (C=N–C) groups is 1. The zero-order chi connectivity index (χ0) is 21.3. The zero-order valence-electron chi connectivity index (χ0n) is 17.2. The molecule has 0 aliphatic heterocycles. The van der Waals surface area contributed by atoms with E-state index in [0.717, 1.165) is 23.3 Å². The van der Waals surface area contributed by atoms with Gasteiger partial charge in [0.2, 0.25) is 10.0 Å². The molecule has 0 amide bonds. The summed E-state index contributed by atoms with van der Waals surface area (Å²) in [7, 11) is -1.68. The summed E-state index contributed by atoms with van der Waals surface area (Å²) in [6.07, 6.45) is 0.827. The van der Waals surface area contributed by atoms with Crippen molar-refractivity contribution in [3.05, 3.63) is 65.2 Å². The Balaban J connectivity index is 1.79. The third-order valence-electron chi connectivity index (χ3n) is 4.11. The molecule has 0 bridgehead atoms. The van der Waals surface area contributed by atoms with E-state index in [1.807, 2.05) is 36.4 Å². The first-order chi connectivity index (χ1) is 13.8. The number of methoxy groups -OCH3 is 1. The van der Waals surface area contributed by atoms with Gasteiger partial charge in [-0.1, -0.05) is 36.4 Å². The Morgan fingerprint density at radius 1 is 1.03 bits per heavy atom. The van der Waals surface area contributed by atoms with Crippen LogP contribution in [0.3, 0.4) is 0 Å². The zero-order valence-corrected chi connectivity index (χ0v) is 18.0. The van der Waals surface area contributed by atoms with Crippen molar-refractivity contribution in [2.24, 2.45) is 10.7 Å². The van der Waals surface area contributed by atoms with E-state index in [4.69, 9.17) is 10.5 Å². The first-order valence-corrected chi connectivity index (χ1v) is 11.2. The summed E-state index contributed by atoms with van der Waals surface area (Å²) in [5, 5.41) is 3.10. The molecule has 0 heterocycles. The van der Waals surface area contributed by atoms with Gasteiger partial charge in [0.1, 0.15) is 5.75 Å². The SMILES string of the molecule is COc1ccc(CCNC(N)=NCc2ccc(CS(=O)(=O)NC(C)C)cc2)cc1. The molecule has 0 aromatic heterocycles. The van der Waals surface area contributed by atoms with Gasteiger partial charge in [0.25, 0.3) is 0 Å². The highest BCUT2D eigenvalue weighted by Gasteiger charge is 2.12. The van der Waals surface area contributed by atoms with Crippen LogP contribution >= 0.6 is 0 Å². The van der Waals surface area contributed by atoms with Crippen LogP contribution in [0.1, 0.15) is 30.5 Å². The Labute approximate surface area is 173 Å². The second-order valence-corrected chi connectivity index (χ2v) is 8.83. The van der Waals surface area contributed by atoms with E-state index in [1.165, 1.54) is 5.56 Å². The van der Waals surface area contributed by atoms with E-state index in [0.29, 0.717) is 19.0 Å². The number of hydrogen-bond donors (Lipinski definition) is 3. The van der Waals surface area contributed by atoms with Crippen molar-refractivity contribution in [1.82, 2.24) is 10.0 Å². The molecule has 29 heavy (non-hydrogen) atoms. The lowest BCUT2D eigenvalue weighted by Gasteiger charge is -2.10. The van der Waals surface area contributed by atoms with Crippen molar-refractivity contribution in [1.29, 1.82) is 0 Å². The number of nitrogens with zero attached hydrogens (tertiary/aromatic N) is 1. The first-order valence-electron chi connectivity index (χ1n) is 9.52. The minimum Gasteiger partial charge on any atom is -0.497 e.